The van der Waals surface area contributed by atoms with Gasteiger partial charge in [-0.15, -0.1) is 5.10 Å². The number of aromatic nitrogens is 3. The fourth-order valence-corrected chi connectivity index (χ4v) is 2.37. The van der Waals surface area contributed by atoms with E-state index >= 15 is 0 Å². The molecule has 0 aromatic carbocycles. The van der Waals surface area contributed by atoms with E-state index in [1.165, 1.54) is 6.20 Å². The molecule has 2 heterocycles. The zero-order chi connectivity index (χ0) is 17.4. The first-order valence-electron chi connectivity index (χ1n) is 7.91. The number of nitriles is 1. The van der Waals surface area contributed by atoms with Crippen molar-refractivity contribution in [1.29, 1.82) is 5.26 Å². The fourth-order valence-electron chi connectivity index (χ4n) is 2.37. The molecule has 0 fully saturated rings. The molecular formula is C17H20N6O. The van der Waals surface area contributed by atoms with Gasteiger partial charge in [-0.05, 0) is 30.5 Å². The molecule has 0 unspecified atom stereocenters. The van der Waals surface area contributed by atoms with Gasteiger partial charge in [-0.2, -0.15) is 10.4 Å². The van der Waals surface area contributed by atoms with Gasteiger partial charge in [-0.1, -0.05) is 13.8 Å². The van der Waals surface area contributed by atoms with Gasteiger partial charge >= 0.3 is 0 Å². The second-order valence-electron chi connectivity index (χ2n) is 5.09. The summed E-state index contributed by atoms with van der Waals surface area (Å²) in [6, 6.07) is 5.62. The van der Waals surface area contributed by atoms with Gasteiger partial charge in [-0.25, -0.2) is 0 Å². The van der Waals surface area contributed by atoms with Crippen LogP contribution in [-0.2, 0) is 12.8 Å². The molecule has 2 aromatic heterocycles. The molecule has 1 amide bonds. The number of nitrogens with one attached hydrogen (secondary N) is 2. The SMILES string of the molecule is CCc1nnc(NCCNC(=O)c2cccnc2)c(C#N)c1CC. The molecule has 0 aliphatic carbocycles. The third-order valence-electron chi connectivity index (χ3n) is 3.58. The van der Waals surface area contributed by atoms with Crippen LogP contribution in [-0.4, -0.2) is 34.2 Å². The van der Waals surface area contributed by atoms with Gasteiger partial charge in [0.15, 0.2) is 5.82 Å². The largest absolute Gasteiger partial charge is 0.366 e. The third kappa shape index (κ3) is 4.04. The van der Waals surface area contributed by atoms with Crippen LogP contribution in [0.1, 0.15) is 41.0 Å². The molecule has 0 saturated heterocycles. The third-order valence-corrected chi connectivity index (χ3v) is 3.58. The number of carbonyl (C=O) groups is 1. The highest BCUT2D eigenvalue weighted by molar-refractivity contribution is 5.93. The highest BCUT2D eigenvalue weighted by Crippen LogP contribution is 2.19. The fraction of sp³-hybridized carbons (Fsp3) is 0.353. The molecule has 0 aliphatic rings. The van der Waals surface area contributed by atoms with E-state index in [4.69, 9.17) is 0 Å². The Morgan fingerprint density at radius 3 is 2.71 bits per heavy atom. The number of carbonyl (C=O) groups excluding carboxylic acids is 1. The minimum atomic E-state index is -0.188. The number of aryl methyl sites for hydroxylation is 1. The summed E-state index contributed by atoms with van der Waals surface area (Å²) < 4.78 is 0. The lowest BCUT2D eigenvalue weighted by Gasteiger charge is -2.12. The Hall–Kier alpha value is -3.01. The topological polar surface area (TPSA) is 104 Å². The minimum absolute atomic E-state index is 0.188. The van der Waals surface area contributed by atoms with Gasteiger partial charge in [0.2, 0.25) is 0 Å². The maximum atomic E-state index is 11.9. The molecule has 0 bridgehead atoms. The zero-order valence-corrected chi connectivity index (χ0v) is 13.8. The average molecular weight is 324 g/mol. The second-order valence-corrected chi connectivity index (χ2v) is 5.09. The Bertz CT molecular complexity index is 739. The smallest absolute Gasteiger partial charge is 0.252 e. The first kappa shape index (κ1) is 17.3. The normalized spacial score (nSPS) is 10.0. The van der Waals surface area contributed by atoms with Crippen molar-refractivity contribution in [2.45, 2.75) is 26.7 Å². The van der Waals surface area contributed by atoms with Gasteiger partial charge in [0.05, 0.1) is 11.3 Å². The molecular weight excluding hydrogens is 304 g/mol. The summed E-state index contributed by atoms with van der Waals surface area (Å²) in [4.78, 5) is 15.8. The Morgan fingerprint density at radius 2 is 2.08 bits per heavy atom. The van der Waals surface area contributed by atoms with E-state index in [1.807, 2.05) is 13.8 Å². The maximum Gasteiger partial charge on any atom is 0.252 e. The molecule has 2 N–H and O–H groups in total. The van der Waals surface area contributed by atoms with Crippen LogP contribution in [0.3, 0.4) is 0 Å². The Kier molecular flexibility index (Phi) is 6.20. The van der Waals surface area contributed by atoms with Crippen molar-refractivity contribution >= 4 is 11.7 Å². The van der Waals surface area contributed by atoms with Crippen molar-refractivity contribution in [1.82, 2.24) is 20.5 Å². The molecule has 0 saturated carbocycles. The van der Waals surface area contributed by atoms with E-state index in [9.17, 15) is 10.1 Å². The Morgan fingerprint density at radius 1 is 1.25 bits per heavy atom. The van der Waals surface area contributed by atoms with Crippen molar-refractivity contribution in [2.75, 3.05) is 18.4 Å². The second kappa shape index (κ2) is 8.58. The summed E-state index contributed by atoms with van der Waals surface area (Å²) in [6.07, 6.45) is 4.60. The summed E-state index contributed by atoms with van der Waals surface area (Å²) in [5.41, 5.74) is 2.82. The molecule has 0 radical (unpaired) electrons. The highest BCUT2D eigenvalue weighted by Gasteiger charge is 2.14. The van der Waals surface area contributed by atoms with Crippen molar-refractivity contribution in [2.24, 2.45) is 0 Å². The van der Waals surface area contributed by atoms with E-state index in [0.29, 0.717) is 30.0 Å². The quantitative estimate of drug-likeness (QED) is 0.751. The number of pyridine rings is 1. The number of nitrogens with zero attached hydrogens (tertiary/aromatic N) is 4. The summed E-state index contributed by atoms with van der Waals surface area (Å²) in [7, 11) is 0. The van der Waals surface area contributed by atoms with Crippen molar-refractivity contribution in [3.05, 3.63) is 46.9 Å². The van der Waals surface area contributed by atoms with Gasteiger partial charge in [-0.3, -0.25) is 9.78 Å². The van der Waals surface area contributed by atoms with Crippen molar-refractivity contribution in [3.63, 3.8) is 0 Å². The van der Waals surface area contributed by atoms with Gasteiger partial charge in [0, 0.05) is 25.5 Å². The number of amides is 1. The lowest BCUT2D eigenvalue weighted by Crippen LogP contribution is -2.29. The molecule has 7 nitrogen and oxygen atoms in total. The lowest BCUT2D eigenvalue weighted by atomic mass is 10.0. The number of rotatable bonds is 7. The molecule has 7 heteroatoms. The monoisotopic (exact) mass is 324 g/mol. The maximum absolute atomic E-state index is 11.9. The standard InChI is InChI=1S/C17H20N6O/c1-3-13-14(10-18)16(23-22-15(13)4-2)20-8-9-21-17(24)12-6-5-7-19-11-12/h5-7,11H,3-4,8-9H2,1-2H3,(H,20,23)(H,21,24). The van der Waals surface area contributed by atoms with E-state index in [1.54, 1.807) is 18.3 Å². The van der Waals surface area contributed by atoms with Gasteiger partial charge in [0.25, 0.3) is 5.91 Å². The van der Waals surface area contributed by atoms with E-state index < -0.39 is 0 Å². The zero-order valence-electron chi connectivity index (χ0n) is 13.8. The summed E-state index contributed by atoms with van der Waals surface area (Å²) >= 11 is 0. The molecule has 124 valence electrons. The highest BCUT2D eigenvalue weighted by atomic mass is 16.1. The molecule has 24 heavy (non-hydrogen) atoms. The molecule has 0 spiro atoms. The predicted octanol–water partition coefficient (Wildman–Crippen LogP) is 1.71. The van der Waals surface area contributed by atoms with E-state index in [-0.39, 0.29) is 5.91 Å². The van der Waals surface area contributed by atoms with E-state index in [0.717, 1.165) is 24.1 Å². The summed E-state index contributed by atoms with van der Waals surface area (Å²) in [5.74, 6) is 0.272. The summed E-state index contributed by atoms with van der Waals surface area (Å²) in [6.45, 7) is 4.83. The number of hydrogen-bond acceptors (Lipinski definition) is 6. The molecule has 0 atom stereocenters. The summed E-state index contributed by atoms with van der Waals surface area (Å²) in [5, 5.41) is 23.5. The Labute approximate surface area is 141 Å². The number of anilines is 1. The van der Waals surface area contributed by atoms with Crippen LogP contribution in [0.5, 0.6) is 0 Å². The first-order chi connectivity index (χ1) is 11.7. The number of hydrogen-bond donors (Lipinski definition) is 2. The van der Waals surface area contributed by atoms with Crippen LogP contribution in [0, 0.1) is 11.3 Å². The van der Waals surface area contributed by atoms with Crippen molar-refractivity contribution < 1.29 is 4.79 Å². The van der Waals surface area contributed by atoms with Crippen molar-refractivity contribution in [3.8, 4) is 6.07 Å². The molecule has 2 rings (SSSR count). The van der Waals surface area contributed by atoms with Crippen LogP contribution in [0.15, 0.2) is 24.5 Å². The first-order valence-corrected chi connectivity index (χ1v) is 7.91. The molecule has 2 aromatic rings. The van der Waals surface area contributed by atoms with E-state index in [2.05, 4.69) is 31.9 Å². The Balaban J connectivity index is 1.95. The predicted molar refractivity (Wildman–Crippen MR) is 90.6 cm³/mol. The van der Waals surface area contributed by atoms with Crippen LogP contribution in [0.4, 0.5) is 5.82 Å². The minimum Gasteiger partial charge on any atom is -0.366 e. The van der Waals surface area contributed by atoms with Gasteiger partial charge in [0.1, 0.15) is 11.6 Å². The van der Waals surface area contributed by atoms with Crippen LogP contribution in [0.2, 0.25) is 0 Å². The van der Waals surface area contributed by atoms with Crippen LogP contribution in [0.25, 0.3) is 0 Å². The lowest BCUT2D eigenvalue weighted by molar-refractivity contribution is 0.0955. The van der Waals surface area contributed by atoms with Crippen LogP contribution >= 0.6 is 0 Å². The molecule has 0 aliphatic heterocycles. The van der Waals surface area contributed by atoms with Crippen LogP contribution < -0.4 is 10.6 Å². The average Bonchev–Trinajstić information content (AvgIpc) is 2.64. The van der Waals surface area contributed by atoms with Gasteiger partial charge < -0.3 is 10.6 Å².